The second-order valence-electron chi connectivity index (χ2n) is 5.62. The average molecular weight is 434 g/mol. The van der Waals surface area contributed by atoms with Crippen LogP contribution < -0.4 is 10.5 Å². The van der Waals surface area contributed by atoms with Crippen LogP contribution in [0.2, 0.25) is 0 Å². The molecule has 0 amide bonds. The number of nitro groups is 1. The predicted molar refractivity (Wildman–Crippen MR) is 100 cm³/mol. The lowest BCUT2D eigenvalue weighted by Crippen LogP contribution is -2.43. The van der Waals surface area contributed by atoms with Gasteiger partial charge in [0.2, 0.25) is 0 Å². The molecule has 23 heavy (non-hydrogen) atoms. The fourth-order valence-electron chi connectivity index (χ4n) is 2.67. The van der Waals surface area contributed by atoms with Crippen molar-refractivity contribution in [2.75, 3.05) is 20.2 Å². The number of halogens is 1. The molecule has 1 aromatic carbocycles. The van der Waals surface area contributed by atoms with Gasteiger partial charge in [-0.15, -0.1) is 24.0 Å². The summed E-state index contributed by atoms with van der Waals surface area (Å²) in [4.78, 5) is 16.9. The second kappa shape index (κ2) is 8.90. The minimum absolute atomic E-state index is 0. The van der Waals surface area contributed by atoms with Gasteiger partial charge in [0.1, 0.15) is 5.75 Å². The van der Waals surface area contributed by atoms with Gasteiger partial charge in [0, 0.05) is 30.8 Å². The van der Waals surface area contributed by atoms with Crippen LogP contribution in [0.5, 0.6) is 5.75 Å². The number of ether oxygens (including phenoxy) is 1. The predicted octanol–water partition coefficient (Wildman–Crippen LogP) is 2.77. The highest BCUT2D eigenvalue weighted by Gasteiger charge is 2.18. The van der Waals surface area contributed by atoms with Crippen molar-refractivity contribution in [1.82, 2.24) is 4.90 Å². The van der Waals surface area contributed by atoms with Crippen molar-refractivity contribution in [3.05, 3.63) is 33.9 Å². The molecule has 1 aliphatic rings. The summed E-state index contributed by atoms with van der Waals surface area (Å²) < 4.78 is 5.23. The first-order valence-electron chi connectivity index (χ1n) is 7.37. The lowest BCUT2D eigenvalue weighted by atomic mass is 10.0. The SMILES string of the molecule is COc1ccc([N+](=O)[O-])cc1CN=C(N)N1CCCC(C)C1.I. The molecule has 1 aliphatic heterocycles. The lowest BCUT2D eigenvalue weighted by Gasteiger charge is -2.31. The van der Waals surface area contributed by atoms with Crippen molar-refractivity contribution < 1.29 is 9.66 Å². The van der Waals surface area contributed by atoms with Crippen molar-refractivity contribution in [2.24, 2.45) is 16.6 Å². The molecule has 8 heteroatoms. The van der Waals surface area contributed by atoms with E-state index in [1.165, 1.54) is 25.7 Å². The summed E-state index contributed by atoms with van der Waals surface area (Å²) in [7, 11) is 1.53. The Kier molecular flexibility index (Phi) is 7.53. The van der Waals surface area contributed by atoms with Gasteiger partial charge in [-0.3, -0.25) is 10.1 Å². The van der Waals surface area contributed by atoms with E-state index in [0.29, 0.717) is 23.2 Å². The van der Waals surface area contributed by atoms with Gasteiger partial charge in [0.05, 0.1) is 18.6 Å². The fourth-order valence-corrected chi connectivity index (χ4v) is 2.67. The standard InChI is InChI=1S/C15H22N4O3.HI/c1-11-4-3-7-18(10-11)15(16)17-9-12-8-13(19(20)21)5-6-14(12)22-2;/h5-6,8,11H,3-4,7,9-10H2,1-2H3,(H2,16,17);1H. The number of piperidine rings is 1. The molecule has 2 N–H and O–H groups in total. The number of nitro benzene ring substituents is 1. The zero-order chi connectivity index (χ0) is 16.1. The fraction of sp³-hybridized carbons (Fsp3) is 0.533. The van der Waals surface area contributed by atoms with Crippen molar-refractivity contribution in [3.8, 4) is 5.75 Å². The van der Waals surface area contributed by atoms with Gasteiger partial charge < -0.3 is 15.4 Å². The average Bonchev–Trinajstić information content (AvgIpc) is 2.52. The molecule has 0 aliphatic carbocycles. The summed E-state index contributed by atoms with van der Waals surface area (Å²) in [5.41, 5.74) is 6.73. The first-order chi connectivity index (χ1) is 10.5. The van der Waals surface area contributed by atoms with E-state index in [4.69, 9.17) is 10.5 Å². The van der Waals surface area contributed by atoms with Gasteiger partial charge in [-0.1, -0.05) is 6.92 Å². The van der Waals surface area contributed by atoms with Crippen LogP contribution in [0.15, 0.2) is 23.2 Å². The Bertz CT molecular complexity index is 580. The number of hydrogen-bond donors (Lipinski definition) is 1. The van der Waals surface area contributed by atoms with Crippen molar-refractivity contribution in [3.63, 3.8) is 0 Å². The largest absolute Gasteiger partial charge is 0.496 e. The molecule has 1 fully saturated rings. The summed E-state index contributed by atoms with van der Waals surface area (Å²) in [6.45, 7) is 4.28. The second-order valence-corrected chi connectivity index (χ2v) is 5.62. The van der Waals surface area contributed by atoms with E-state index >= 15 is 0 Å². The first-order valence-corrected chi connectivity index (χ1v) is 7.37. The number of methoxy groups -OCH3 is 1. The van der Waals surface area contributed by atoms with Crippen LogP contribution in [0.3, 0.4) is 0 Å². The molecule has 0 radical (unpaired) electrons. The van der Waals surface area contributed by atoms with E-state index in [-0.39, 0.29) is 36.2 Å². The third kappa shape index (κ3) is 5.22. The van der Waals surface area contributed by atoms with Gasteiger partial charge in [-0.05, 0) is 24.8 Å². The number of aliphatic imine (C=N–C) groups is 1. The molecule has 7 nitrogen and oxygen atoms in total. The molecule has 0 saturated carbocycles. The van der Waals surface area contributed by atoms with Crippen LogP contribution in [0.4, 0.5) is 5.69 Å². The summed E-state index contributed by atoms with van der Waals surface area (Å²) in [6, 6.07) is 4.48. The molecule has 1 saturated heterocycles. The number of benzene rings is 1. The monoisotopic (exact) mass is 434 g/mol. The highest BCUT2D eigenvalue weighted by molar-refractivity contribution is 14.0. The third-order valence-corrected chi connectivity index (χ3v) is 3.87. The third-order valence-electron chi connectivity index (χ3n) is 3.87. The Morgan fingerprint density at radius 1 is 1.57 bits per heavy atom. The van der Waals surface area contributed by atoms with Gasteiger partial charge in [0.15, 0.2) is 5.96 Å². The van der Waals surface area contributed by atoms with Gasteiger partial charge in [0.25, 0.3) is 5.69 Å². The maximum atomic E-state index is 10.9. The molecule has 1 atom stereocenters. The van der Waals surface area contributed by atoms with Crippen LogP contribution in [-0.4, -0.2) is 36.0 Å². The van der Waals surface area contributed by atoms with Crippen LogP contribution in [0, 0.1) is 16.0 Å². The Morgan fingerprint density at radius 2 is 2.30 bits per heavy atom. The minimum Gasteiger partial charge on any atom is -0.496 e. The Hall–Kier alpha value is -1.58. The number of nitrogens with two attached hydrogens (primary N) is 1. The zero-order valence-electron chi connectivity index (χ0n) is 13.4. The first kappa shape index (κ1) is 19.5. The summed E-state index contributed by atoms with van der Waals surface area (Å²) in [5, 5.41) is 10.9. The Labute approximate surface area is 153 Å². The molecule has 0 spiro atoms. The van der Waals surface area contributed by atoms with E-state index in [2.05, 4.69) is 16.8 Å². The normalized spacial score (nSPS) is 18.3. The van der Waals surface area contributed by atoms with E-state index in [0.717, 1.165) is 19.5 Å². The lowest BCUT2D eigenvalue weighted by molar-refractivity contribution is -0.384. The van der Waals surface area contributed by atoms with Gasteiger partial charge in [-0.25, -0.2) is 4.99 Å². The summed E-state index contributed by atoms with van der Waals surface area (Å²) >= 11 is 0. The number of non-ortho nitro benzene ring substituents is 1. The van der Waals surface area contributed by atoms with E-state index in [9.17, 15) is 10.1 Å². The molecular weight excluding hydrogens is 411 g/mol. The van der Waals surface area contributed by atoms with E-state index in [1.54, 1.807) is 6.07 Å². The number of likely N-dealkylation sites (tertiary alicyclic amines) is 1. The van der Waals surface area contributed by atoms with Crippen molar-refractivity contribution in [2.45, 2.75) is 26.3 Å². The molecule has 1 heterocycles. The molecule has 0 bridgehead atoms. The molecule has 2 rings (SSSR count). The van der Waals surface area contributed by atoms with Crippen LogP contribution in [0.1, 0.15) is 25.3 Å². The van der Waals surface area contributed by atoms with E-state index in [1.807, 2.05) is 0 Å². The Balaban J connectivity index is 0.00000264. The Morgan fingerprint density at radius 3 is 2.91 bits per heavy atom. The summed E-state index contributed by atoms with van der Waals surface area (Å²) in [6.07, 6.45) is 2.32. The molecule has 128 valence electrons. The van der Waals surface area contributed by atoms with E-state index < -0.39 is 4.92 Å². The highest BCUT2D eigenvalue weighted by atomic mass is 127. The molecule has 1 unspecified atom stereocenters. The maximum absolute atomic E-state index is 10.9. The van der Waals surface area contributed by atoms with Crippen LogP contribution in [-0.2, 0) is 6.54 Å². The van der Waals surface area contributed by atoms with Crippen molar-refractivity contribution in [1.29, 1.82) is 0 Å². The van der Waals surface area contributed by atoms with Crippen LogP contribution >= 0.6 is 24.0 Å². The maximum Gasteiger partial charge on any atom is 0.270 e. The van der Waals surface area contributed by atoms with Crippen molar-refractivity contribution >= 4 is 35.6 Å². The molecule has 0 aromatic heterocycles. The number of rotatable bonds is 4. The topological polar surface area (TPSA) is 94.0 Å². The minimum atomic E-state index is -0.428. The van der Waals surface area contributed by atoms with Crippen LogP contribution in [0.25, 0.3) is 0 Å². The summed E-state index contributed by atoms with van der Waals surface area (Å²) in [5.74, 6) is 1.67. The quantitative estimate of drug-likeness (QED) is 0.259. The smallest absolute Gasteiger partial charge is 0.270 e. The number of nitrogens with zero attached hydrogens (tertiary/aromatic N) is 3. The highest BCUT2D eigenvalue weighted by Crippen LogP contribution is 2.24. The van der Waals surface area contributed by atoms with Gasteiger partial charge in [-0.2, -0.15) is 0 Å². The van der Waals surface area contributed by atoms with Gasteiger partial charge >= 0.3 is 0 Å². The number of guanidine groups is 1. The molecule has 1 aromatic rings. The number of hydrogen-bond acceptors (Lipinski definition) is 4. The molecular formula is C15H23IN4O3. The zero-order valence-corrected chi connectivity index (χ0v) is 15.7.